The number of benzene rings is 2. The van der Waals surface area contributed by atoms with Gasteiger partial charge in [0.2, 0.25) is 0 Å². The standard InChI is InChI=1S/C14H8Cl2O3/c15-10-7-6-9(12(16)11(10)14(18)19)13(17)8-4-2-1-3-5-8/h1-7H,(H,18,19). The van der Waals surface area contributed by atoms with Crippen LogP contribution in [-0.2, 0) is 0 Å². The molecule has 2 aromatic carbocycles. The van der Waals surface area contributed by atoms with Crippen LogP contribution < -0.4 is 0 Å². The minimum atomic E-state index is -1.27. The molecule has 0 radical (unpaired) electrons. The van der Waals surface area contributed by atoms with Crippen LogP contribution in [0, 0.1) is 0 Å². The van der Waals surface area contributed by atoms with Crippen LogP contribution in [0.3, 0.4) is 0 Å². The molecule has 0 bridgehead atoms. The second kappa shape index (κ2) is 5.43. The SMILES string of the molecule is O=C(c1ccccc1)c1ccc(Cl)c(C(=O)O)c1Cl. The molecule has 0 aliphatic heterocycles. The van der Waals surface area contributed by atoms with Crippen molar-refractivity contribution in [1.82, 2.24) is 0 Å². The van der Waals surface area contributed by atoms with Crippen molar-refractivity contribution >= 4 is 35.0 Å². The van der Waals surface area contributed by atoms with Crippen LogP contribution in [0.25, 0.3) is 0 Å². The van der Waals surface area contributed by atoms with Gasteiger partial charge in [-0.1, -0.05) is 53.5 Å². The Morgan fingerprint density at radius 3 is 2.16 bits per heavy atom. The topological polar surface area (TPSA) is 54.4 Å². The monoisotopic (exact) mass is 294 g/mol. The lowest BCUT2D eigenvalue weighted by molar-refractivity contribution is 0.0697. The third-order valence-electron chi connectivity index (χ3n) is 2.59. The minimum Gasteiger partial charge on any atom is -0.478 e. The molecular formula is C14H8Cl2O3. The van der Waals surface area contributed by atoms with Crippen molar-refractivity contribution in [3.8, 4) is 0 Å². The van der Waals surface area contributed by atoms with Gasteiger partial charge in [0.05, 0.1) is 15.6 Å². The minimum absolute atomic E-state index is 0.00196. The van der Waals surface area contributed by atoms with Crippen LogP contribution in [0.4, 0.5) is 0 Å². The molecule has 1 N–H and O–H groups in total. The smallest absolute Gasteiger partial charge is 0.338 e. The summed E-state index contributed by atoms with van der Waals surface area (Å²) < 4.78 is 0. The number of hydrogen-bond acceptors (Lipinski definition) is 2. The Bertz CT molecular complexity index is 651. The molecule has 19 heavy (non-hydrogen) atoms. The number of carboxylic acids is 1. The van der Waals surface area contributed by atoms with E-state index in [1.54, 1.807) is 30.3 Å². The molecule has 0 saturated heterocycles. The van der Waals surface area contributed by atoms with Crippen molar-refractivity contribution in [2.45, 2.75) is 0 Å². The zero-order chi connectivity index (χ0) is 14.0. The maximum atomic E-state index is 12.2. The number of rotatable bonds is 3. The molecule has 0 unspecified atom stereocenters. The van der Waals surface area contributed by atoms with Gasteiger partial charge in [0.25, 0.3) is 0 Å². The van der Waals surface area contributed by atoms with Crippen molar-refractivity contribution in [2.24, 2.45) is 0 Å². The van der Waals surface area contributed by atoms with Gasteiger partial charge >= 0.3 is 5.97 Å². The maximum Gasteiger partial charge on any atom is 0.338 e. The molecular weight excluding hydrogens is 287 g/mol. The third-order valence-corrected chi connectivity index (χ3v) is 3.29. The molecule has 96 valence electrons. The highest BCUT2D eigenvalue weighted by atomic mass is 35.5. The summed E-state index contributed by atoms with van der Waals surface area (Å²) in [7, 11) is 0. The first-order valence-corrected chi connectivity index (χ1v) is 6.09. The molecule has 0 saturated carbocycles. The first-order chi connectivity index (χ1) is 9.02. The first-order valence-electron chi connectivity index (χ1n) is 5.33. The second-order valence-corrected chi connectivity index (χ2v) is 4.57. The van der Waals surface area contributed by atoms with Crippen molar-refractivity contribution in [3.05, 3.63) is 69.2 Å². The first kappa shape index (κ1) is 13.6. The molecule has 0 fully saturated rings. The summed E-state index contributed by atoms with van der Waals surface area (Å²) in [4.78, 5) is 23.3. The fraction of sp³-hybridized carbons (Fsp3) is 0. The Morgan fingerprint density at radius 2 is 1.58 bits per heavy atom. The Kier molecular flexibility index (Phi) is 3.88. The Balaban J connectivity index is 2.56. The lowest BCUT2D eigenvalue weighted by Crippen LogP contribution is -2.07. The van der Waals surface area contributed by atoms with E-state index < -0.39 is 5.97 Å². The molecule has 0 spiro atoms. The lowest BCUT2D eigenvalue weighted by atomic mass is 10.0. The van der Waals surface area contributed by atoms with Gasteiger partial charge in [-0.05, 0) is 12.1 Å². The van der Waals surface area contributed by atoms with E-state index in [0.29, 0.717) is 5.56 Å². The van der Waals surface area contributed by atoms with Gasteiger partial charge < -0.3 is 5.11 Å². The summed E-state index contributed by atoms with van der Waals surface area (Å²) >= 11 is 11.7. The van der Waals surface area contributed by atoms with Gasteiger partial charge in [0, 0.05) is 11.1 Å². The fourth-order valence-corrected chi connectivity index (χ4v) is 2.29. The second-order valence-electron chi connectivity index (χ2n) is 3.78. The van der Waals surface area contributed by atoms with E-state index in [4.69, 9.17) is 28.3 Å². The van der Waals surface area contributed by atoms with Crippen molar-refractivity contribution in [1.29, 1.82) is 0 Å². The van der Waals surface area contributed by atoms with Gasteiger partial charge in [-0.25, -0.2) is 4.79 Å². The Labute approximate surface area is 119 Å². The zero-order valence-electron chi connectivity index (χ0n) is 9.56. The van der Waals surface area contributed by atoms with Crippen LogP contribution in [0.1, 0.15) is 26.3 Å². The highest BCUT2D eigenvalue weighted by Gasteiger charge is 2.21. The van der Waals surface area contributed by atoms with Crippen molar-refractivity contribution in [3.63, 3.8) is 0 Å². The molecule has 0 amide bonds. The lowest BCUT2D eigenvalue weighted by Gasteiger charge is -2.08. The molecule has 0 aliphatic carbocycles. The Hall–Kier alpha value is -1.84. The summed E-state index contributed by atoms with van der Waals surface area (Å²) in [6.45, 7) is 0. The van der Waals surface area contributed by atoms with Gasteiger partial charge in [-0.15, -0.1) is 0 Å². The van der Waals surface area contributed by atoms with E-state index in [9.17, 15) is 9.59 Å². The highest BCUT2D eigenvalue weighted by Crippen LogP contribution is 2.29. The van der Waals surface area contributed by atoms with Gasteiger partial charge in [0.15, 0.2) is 5.78 Å². The average molecular weight is 295 g/mol. The molecule has 2 rings (SSSR count). The van der Waals surface area contributed by atoms with Gasteiger partial charge in [-0.2, -0.15) is 0 Å². The summed E-state index contributed by atoms with van der Waals surface area (Å²) in [5.74, 6) is -1.61. The van der Waals surface area contributed by atoms with Gasteiger partial charge in [0.1, 0.15) is 0 Å². The molecule has 0 aliphatic rings. The number of hydrogen-bond donors (Lipinski definition) is 1. The molecule has 3 nitrogen and oxygen atoms in total. The third kappa shape index (κ3) is 2.62. The van der Waals surface area contributed by atoms with Crippen LogP contribution in [0.15, 0.2) is 42.5 Å². The average Bonchev–Trinajstić information content (AvgIpc) is 2.39. The zero-order valence-corrected chi connectivity index (χ0v) is 11.1. The number of carbonyl (C=O) groups excluding carboxylic acids is 1. The number of ketones is 1. The number of carbonyl (C=O) groups is 2. The largest absolute Gasteiger partial charge is 0.478 e. The summed E-state index contributed by atoms with van der Waals surface area (Å²) in [6, 6.07) is 11.3. The number of aromatic carboxylic acids is 1. The van der Waals surface area contributed by atoms with E-state index >= 15 is 0 Å². The molecule has 5 heteroatoms. The molecule has 2 aromatic rings. The highest BCUT2D eigenvalue weighted by molar-refractivity contribution is 6.41. The Morgan fingerprint density at radius 1 is 0.947 bits per heavy atom. The van der Waals surface area contributed by atoms with Crippen LogP contribution in [0.2, 0.25) is 10.0 Å². The normalized spacial score (nSPS) is 10.2. The van der Waals surface area contributed by atoms with E-state index in [0.717, 1.165) is 0 Å². The molecule has 0 aromatic heterocycles. The van der Waals surface area contributed by atoms with E-state index in [-0.39, 0.29) is 27.0 Å². The van der Waals surface area contributed by atoms with Crippen LogP contribution in [-0.4, -0.2) is 16.9 Å². The van der Waals surface area contributed by atoms with E-state index in [1.165, 1.54) is 12.1 Å². The van der Waals surface area contributed by atoms with Crippen molar-refractivity contribution < 1.29 is 14.7 Å². The number of halogens is 2. The molecule has 0 atom stereocenters. The predicted octanol–water partition coefficient (Wildman–Crippen LogP) is 3.92. The summed E-state index contributed by atoms with van der Waals surface area (Å²) in [5, 5.41) is 8.90. The van der Waals surface area contributed by atoms with Crippen molar-refractivity contribution in [2.75, 3.05) is 0 Å². The van der Waals surface area contributed by atoms with Crippen LogP contribution >= 0.6 is 23.2 Å². The quantitative estimate of drug-likeness (QED) is 0.873. The van der Waals surface area contributed by atoms with Crippen LogP contribution in [0.5, 0.6) is 0 Å². The van der Waals surface area contributed by atoms with Gasteiger partial charge in [-0.3, -0.25) is 4.79 Å². The summed E-state index contributed by atoms with van der Waals surface area (Å²) in [6.07, 6.45) is 0. The fourth-order valence-electron chi connectivity index (χ4n) is 1.67. The molecule has 0 heterocycles. The summed E-state index contributed by atoms with van der Waals surface area (Å²) in [5.41, 5.74) is 0.294. The number of carboxylic acid groups (broad SMARTS) is 1. The maximum absolute atomic E-state index is 12.2. The predicted molar refractivity (Wildman–Crippen MR) is 73.3 cm³/mol. The van der Waals surface area contributed by atoms with E-state index in [2.05, 4.69) is 0 Å². The van der Waals surface area contributed by atoms with E-state index in [1.807, 2.05) is 0 Å².